The Morgan fingerprint density at radius 2 is 2.06 bits per heavy atom. The fourth-order valence-electron chi connectivity index (χ4n) is 1.88. The lowest BCUT2D eigenvalue weighted by molar-refractivity contribution is -0.154. The molecule has 5 nitrogen and oxygen atoms in total. The molecule has 0 aromatic rings. The highest BCUT2D eigenvalue weighted by atomic mass is 16.5. The number of likely N-dealkylation sites (N-methyl/N-ethyl adjacent to an activating group) is 1. The molecule has 1 heterocycles. The van der Waals surface area contributed by atoms with Gasteiger partial charge >= 0.3 is 0 Å². The van der Waals surface area contributed by atoms with E-state index in [1.54, 1.807) is 25.8 Å². The number of carbonyl (C=O) groups excluding carboxylic acids is 2. The summed E-state index contributed by atoms with van der Waals surface area (Å²) in [6, 6.07) is -0.341. The number of rotatable bonds is 3. The zero-order valence-corrected chi connectivity index (χ0v) is 10.4. The average Bonchev–Trinajstić information content (AvgIpc) is 2.75. The third kappa shape index (κ3) is 2.35. The summed E-state index contributed by atoms with van der Waals surface area (Å²) in [5.74, 6) is -0.223. The van der Waals surface area contributed by atoms with Crippen molar-refractivity contribution in [3.63, 3.8) is 0 Å². The first-order chi connectivity index (χ1) is 7.44. The van der Waals surface area contributed by atoms with Gasteiger partial charge in [-0.2, -0.15) is 0 Å². The predicted octanol–water partition coefficient (Wildman–Crippen LogP) is 0.148. The monoisotopic (exact) mass is 228 g/mol. The SMILES string of the molecule is CNC(=O)C1CCCN1C(=O)C(C)(C)OC. The quantitative estimate of drug-likeness (QED) is 0.748. The van der Waals surface area contributed by atoms with Gasteiger partial charge in [0.1, 0.15) is 11.6 Å². The molecule has 0 aromatic heterocycles. The van der Waals surface area contributed by atoms with Crippen molar-refractivity contribution in [2.45, 2.75) is 38.3 Å². The summed E-state index contributed by atoms with van der Waals surface area (Å²) in [7, 11) is 3.09. The second-order valence-corrected chi connectivity index (χ2v) is 4.49. The number of carbonyl (C=O) groups is 2. The van der Waals surface area contributed by atoms with Crippen molar-refractivity contribution in [1.29, 1.82) is 0 Å². The van der Waals surface area contributed by atoms with Gasteiger partial charge in [-0.05, 0) is 26.7 Å². The fraction of sp³-hybridized carbons (Fsp3) is 0.818. The minimum Gasteiger partial charge on any atom is -0.369 e. The molecule has 1 saturated heterocycles. The summed E-state index contributed by atoms with van der Waals surface area (Å²) >= 11 is 0. The Morgan fingerprint density at radius 1 is 1.44 bits per heavy atom. The molecule has 0 aromatic carbocycles. The third-order valence-corrected chi connectivity index (χ3v) is 3.09. The largest absolute Gasteiger partial charge is 0.369 e. The zero-order chi connectivity index (χ0) is 12.3. The standard InChI is InChI=1S/C11H20N2O3/c1-11(2,16-4)10(15)13-7-5-6-8(13)9(14)12-3/h8H,5-7H2,1-4H3,(H,12,14). The summed E-state index contributed by atoms with van der Waals surface area (Å²) < 4.78 is 5.15. The van der Waals surface area contributed by atoms with Crippen LogP contribution in [0.15, 0.2) is 0 Å². The number of hydrogen-bond acceptors (Lipinski definition) is 3. The lowest BCUT2D eigenvalue weighted by Crippen LogP contribution is -2.52. The van der Waals surface area contributed by atoms with E-state index in [2.05, 4.69) is 5.32 Å². The first kappa shape index (κ1) is 13.0. The molecule has 2 amide bonds. The number of nitrogens with one attached hydrogen (secondary N) is 1. The van der Waals surface area contributed by atoms with E-state index in [0.29, 0.717) is 6.54 Å². The maximum absolute atomic E-state index is 12.1. The van der Waals surface area contributed by atoms with E-state index in [1.165, 1.54) is 7.11 Å². The van der Waals surface area contributed by atoms with Crippen molar-refractivity contribution in [2.75, 3.05) is 20.7 Å². The van der Waals surface area contributed by atoms with Crippen LogP contribution in [0.2, 0.25) is 0 Å². The number of hydrogen-bond donors (Lipinski definition) is 1. The van der Waals surface area contributed by atoms with Gasteiger partial charge in [0.25, 0.3) is 5.91 Å². The first-order valence-electron chi connectivity index (χ1n) is 5.52. The lowest BCUT2D eigenvalue weighted by Gasteiger charge is -2.31. The van der Waals surface area contributed by atoms with Gasteiger partial charge < -0.3 is 15.0 Å². The van der Waals surface area contributed by atoms with E-state index in [0.717, 1.165) is 12.8 Å². The van der Waals surface area contributed by atoms with E-state index in [1.807, 2.05) is 0 Å². The van der Waals surface area contributed by atoms with Crippen molar-refractivity contribution in [2.24, 2.45) is 0 Å². The molecule has 1 N–H and O–H groups in total. The van der Waals surface area contributed by atoms with E-state index >= 15 is 0 Å². The van der Waals surface area contributed by atoms with Crippen molar-refractivity contribution >= 4 is 11.8 Å². The van der Waals surface area contributed by atoms with Crippen LogP contribution in [0.25, 0.3) is 0 Å². The van der Waals surface area contributed by atoms with Crippen LogP contribution in [0.5, 0.6) is 0 Å². The van der Waals surface area contributed by atoms with Gasteiger partial charge in [0.05, 0.1) is 0 Å². The number of amides is 2. The maximum Gasteiger partial charge on any atom is 0.254 e. The zero-order valence-electron chi connectivity index (χ0n) is 10.4. The molecule has 0 aliphatic carbocycles. The van der Waals surface area contributed by atoms with Crippen LogP contribution >= 0.6 is 0 Å². The van der Waals surface area contributed by atoms with Crippen LogP contribution in [0.4, 0.5) is 0 Å². The fourth-order valence-corrected chi connectivity index (χ4v) is 1.88. The number of ether oxygens (including phenoxy) is 1. The second-order valence-electron chi connectivity index (χ2n) is 4.49. The average molecular weight is 228 g/mol. The van der Waals surface area contributed by atoms with Gasteiger partial charge in [0, 0.05) is 20.7 Å². The molecule has 5 heteroatoms. The van der Waals surface area contributed by atoms with Gasteiger partial charge in [-0.1, -0.05) is 0 Å². The summed E-state index contributed by atoms with van der Waals surface area (Å²) in [5, 5.41) is 2.59. The van der Waals surface area contributed by atoms with E-state index in [-0.39, 0.29) is 17.9 Å². The summed E-state index contributed by atoms with van der Waals surface area (Å²) in [4.78, 5) is 25.4. The van der Waals surface area contributed by atoms with Gasteiger partial charge in [-0.3, -0.25) is 9.59 Å². The molecule has 1 aliphatic rings. The molecule has 0 spiro atoms. The Labute approximate surface area is 96.1 Å². The van der Waals surface area contributed by atoms with Gasteiger partial charge in [-0.25, -0.2) is 0 Å². The molecule has 1 aliphatic heterocycles. The van der Waals surface area contributed by atoms with Gasteiger partial charge in [0.15, 0.2) is 0 Å². The van der Waals surface area contributed by atoms with Gasteiger partial charge in [0.2, 0.25) is 5.91 Å². The number of likely N-dealkylation sites (tertiary alicyclic amines) is 1. The second kappa shape index (κ2) is 4.82. The summed E-state index contributed by atoms with van der Waals surface area (Å²) in [6.07, 6.45) is 1.59. The topological polar surface area (TPSA) is 58.6 Å². The van der Waals surface area contributed by atoms with E-state index < -0.39 is 5.60 Å². The normalized spacial score (nSPS) is 21.0. The molecule has 1 fully saturated rings. The number of methoxy groups -OCH3 is 1. The number of nitrogens with zero attached hydrogens (tertiary/aromatic N) is 1. The predicted molar refractivity (Wildman–Crippen MR) is 59.9 cm³/mol. The van der Waals surface area contributed by atoms with E-state index in [4.69, 9.17) is 4.74 Å². The van der Waals surface area contributed by atoms with Crippen LogP contribution < -0.4 is 5.32 Å². The Balaban J connectivity index is 2.79. The Hall–Kier alpha value is -1.10. The Kier molecular flexibility index (Phi) is 3.91. The van der Waals surface area contributed by atoms with Crippen molar-refractivity contribution in [3.8, 4) is 0 Å². The molecule has 16 heavy (non-hydrogen) atoms. The molecule has 0 radical (unpaired) electrons. The molecule has 1 rings (SSSR count). The first-order valence-corrected chi connectivity index (χ1v) is 5.52. The van der Waals surface area contributed by atoms with Crippen LogP contribution in [-0.2, 0) is 14.3 Å². The summed E-state index contributed by atoms with van der Waals surface area (Å²) in [5.41, 5.74) is -0.864. The Morgan fingerprint density at radius 3 is 2.56 bits per heavy atom. The molecular formula is C11H20N2O3. The van der Waals surface area contributed by atoms with Crippen LogP contribution in [-0.4, -0.2) is 49.1 Å². The molecule has 0 saturated carbocycles. The summed E-state index contributed by atoms with van der Waals surface area (Å²) in [6.45, 7) is 4.06. The van der Waals surface area contributed by atoms with Gasteiger partial charge in [-0.15, -0.1) is 0 Å². The molecule has 1 unspecified atom stereocenters. The highest BCUT2D eigenvalue weighted by Gasteiger charge is 2.40. The van der Waals surface area contributed by atoms with Crippen LogP contribution in [0.3, 0.4) is 0 Å². The minimum absolute atomic E-state index is 0.0993. The highest BCUT2D eigenvalue weighted by Crippen LogP contribution is 2.22. The van der Waals surface area contributed by atoms with Crippen LogP contribution in [0.1, 0.15) is 26.7 Å². The molecular weight excluding hydrogens is 208 g/mol. The van der Waals surface area contributed by atoms with Crippen molar-refractivity contribution in [3.05, 3.63) is 0 Å². The third-order valence-electron chi connectivity index (χ3n) is 3.09. The molecule has 92 valence electrons. The molecule has 0 bridgehead atoms. The highest BCUT2D eigenvalue weighted by molar-refractivity contribution is 5.91. The molecule has 1 atom stereocenters. The van der Waals surface area contributed by atoms with E-state index in [9.17, 15) is 9.59 Å². The smallest absolute Gasteiger partial charge is 0.254 e. The Bertz CT molecular complexity index is 289. The van der Waals surface area contributed by atoms with Crippen molar-refractivity contribution in [1.82, 2.24) is 10.2 Å². The lowest BCUT2D eigenvalue weighted by atomic mass is 10.1. The van der Waals surface area contributed by atoms with Crippen LogP contribution in [0, 0.1) is 0 Å². The maximum atomic E-state index is 12.1. The minimum atomic E-state index is -0.864. The van der Waals surface area contributed by atoms with Crippen molar-refractivity contribution < 1.29 is 14.3 Å².